The first-order valence-electron chi connectivity index (χ1n) is 8.28. The van der Waals surface area contributed by atoms with Gasteiger partial charge in [-0.25, -0.2) is 0 Å². The van der Waals surface area contributed by atoms with Gasteiger partial charge in [0.1, 0.15) is 0 Å². The summed E-state index contributed by atoms with van der Waals surface area (Å²) in [6.45, 7) is -0.475. The molecule has 1 saturated heterocycles. The van der Waals surface area contributed by atoms with Gasteiger partial charge >= 0.3 is 168 Å². The number of imidazole rings is 2. The van der Waals surface area contributed by atoms with Gasteiger partial charge in [0, 0.05) is 0 Å². The van der Waals surface area contributed by atoms with E-state index in [1.54, 1.807) is 7.05 Å². The van der Waals surface area contributed by atoms with Crippen molar-refractivity contribution in [2.45, 2.75) is 24.5 Å². The predicted octanol–water partition coefficient (Wildman–Crippen LogP) is -3.68. The Bertz CT molecular complexity index is 1090. The van der Waals surface area contributed by atoms with Crippen molar-refractivity contribution in [2.24, 2.45) is 7.05 Å². The number of aliphatic hydroxyl groups excluding tert-OH is 3. The van der Waals surface area contributed by atoms with E-state index < -0.39 is 51.0 Å². The quantitative estimate of drug-likeness (QED) is 0.162. The van der Waals surface area contributed by atoms with Crippen LogP contribution in [0.15, 0.2) is 12.7 Å². The number of aryl methyl sites for hydroxylation is 1. The van der Waals surface area contributed by atoms with Crippen LogP contribution in [0.5, 0.6) is 0 Å². The van der Waals surface area contributed by atoms with Gasteiger partial charge < -0.3 is 0 Å². The molecule has 15 heteroatoms. The molecule has 1 fully saturated rings. The van der Waals surface area contributed by atoms with E-state index in [2.05, 4.69) is 19.9 Å². The summed E-state index contributed by atoms with van der Waals surface area (Å²) < 4.78 is 9.18. The molecule has 0 aromatic carbocycles. The number of nitrogens with two attached hydrogens (primary N) is 1. The third-order valence-corrected chi connectivity index (χ3v) is 6.82. The second kappa shape index (κ2) is 7.29. The molecule has 0 unspecified atom stereocenters. The van der Waals surface area contributed by atoms with Gasteiger partial charge in [-0.05, 0) is 0 Å². The van der Waals surface area contributed by atoms with Crippen molar-refractivity contribution in [2.75, 3.05) is 12.3 Å². The normalized spacial score (nSPS) is 24.4. The molecule has 0 amide bonds. The summed E-state index contributed by atoms with van der Waals surface area (Å²) in [7, 11) is 1.64. The Hall–Kier alpha value is -2.68. The third kappa shape index (κ3) is 3.23. The summed E-state index contributed by atoms with van der Waals surface area (Å²) >= 11 is -0.676. The zero-order valence-electron chi connectivity index (χ0n) is 14.9. The van der Waals surface area contributed by atoms with Crippen LogP contribution < -0.4 is 14.9 Å². The summed E-state index contributed by atoms with van der Waals surface area (Å²) in [4.78, 5) is 27.0. The Morgan fingerprint density at radius 2 is 2.07 bits per heavy atom. The molecule has 4 atom stereocenters. The van der Waals surface area contributed by atoms with Gasteiger partial charge in [0.2, 0.25) is 0 Å². The second-order valence-corrected chi connectivity index (χ2v) is 8.33. The Kier molecular flexibility index (Phi) is 4.93. The molecule has 1 aliphatic rings. The number of ether oxygens (including phenoxy) is 1. The average Bonchev–Trinajstić information content (AvgIpc) is 3.33. The van der Waals surface area contributed by atoms with Crippen molar-refractivity contribution in [3.05, 3.63) is 22.8 Å². The molecule has 4 rings (SSSR count). The van der Waals surface area contributed by atoms with Gasteiger partial charge in [-0.2, -0.15) is 0 Å². The number of nitrogens with zero attached hydrogens (tertiary/aromatic N) is 7. The number of aromatic nitrogens is 6. The third-order valence-electron chi connectivity index (χ3n) is 4.43. The van der Waals surface area contributed by atoms with Crippen LogP contribution in [0.4, 0.5) is 11.8 Å². The van der Waals surface area contributed by atoms with Gasteiger partial charge in [-0.15, -0.1) is 0 Å². The molecule has 4 heterocycles. The van der Waals surface area contributed by atoms with E-state index in [-0.39, 0.29) is 17.4 Å². The molecule has 1 aliphatic heterocycles. The summed E-state index contributed by atoms with van der Waals surface area (Å²) in [6.07, 6.45) is -1.94. The maximum atomic E-state index is 11.2. The van der Waals surface area contributed by atoms with E-state index in [9.17, 15) is 25.4 Å². The van der Waals surface area contributed by atoms with Gasteiger partial charge in [0.15, 0.2) is 0 Å². The van der Waals surface area contributed by atoms with E-state index in [1.807, 2.05) is 0 Å². The molecule has 154 valence electrons. The number of anilines is 1. The molecule has 0 radical (unpaired) electrons. The van der Waals surface area contributed by atoms with Gasteiger partial charge in [0.05, 0.1) is 0 Å². The summed E-state index contributed by atoms with van der Waals surface area (Å²) in [6, 6.07) is 0. The van der Waals surface area contributed by atoms with Gasteiger partial charge in [-0.3, -0.25) is 0 Å². The van der Waals surface area contributed by atoms with E-state index in [0.717, 1.165) is 0 Å². The number of nitro groups is 1. The first kappa shape index (κ1) is 19.6. The van der Waals surface area contributed by atoms with Crippen molar-refractivity contribution in [1.29, 1.82) is 0 Å². The number of nitrogen functional groups attached to an aromatic ring is 1. The van der Waals surface area contributed by atoms with Gasteiger partial charge in [-0.1, -0.05) is 0 Å². The van der Waals surface area contributed by atoms with Crippen molar-refractivity contribution < 1.29 is 25.0 Å². The molecule has 29 heavy (non-hydrogen) atoms. The molecule has 0 bridgehead atoms. The zero-order valence-corrected chi connectivity index (χ0v) is 16.6. The standard InChI is InChI=1S/C14H16N8O6Se/c1-20-3-17-10(22(26)27)13(20)29-11-6-9(18-14(15)19-11)21(4-16-6)12-8(25)7(24)5(2-23)28-12/h3-5,7-8,12,23-25H,2H2,1H3,(H2,15,18,19)/t5-,7-,8+,12-/m0/s1. The predicted molar refractivity (Wildman–Crippen MR) is 97.6 cm³/mol. The Morgan fingerprint density at radius 1 is 1.31 bits per heavy atom. The minimum atomic E-state index is -1.33. The fraction of sp³-hybridized carbons (Fsp3) is 0.429. The molecule has 5 N–H and O–H groups in total. The van der Waals surface area contributed by atoms with Crippen LogP contribution in [0.1, 0.15) is 6.23 Å². The van der Waals surface area contributed by atoms with E-state index in [1.165, 1.54) is 21.8 Å². The van der Waals surface area contributed by atoms with Crippen LogP contribution in [0.2, 0.25) is 0 Å². The van der Waals surface area contributed by atoms with E-state index in [0.29, 0.717) is 14.7 Å². The van der Waals surface area contributed by atoms with Crippen LogP contribution in [-0.2, 0) is 11.8 Å². The van der Waals surface area contributed by atoms with Gasteiger partial charge in [0.25, 0.3) is 0 Å². The Labute approximate surface area is 168 Å². The molecule has 3 aromatic rings. The molecule has 0 aliphatic carbocycles. The van der Waals surface area contributed by atoms with Crippen LogP contribution >= 0.6 is 0 Å². The molecular formula is C14H16N8O6Se. The number of fused-ring (bicyclic) bond motifs is 1. The molecule has 3 aromatic heterocycles. The van der Waals surface area contributed by atoms with Crippen LogP contribution in [-0.4, -0.2) is 89.2 Å². The molecular weight excluding hydrogens is 455 g/mol. The second-order valence-electron chi connectivity index (χ2n) is 6.28. The topological polar surface area (TPSA) is 200 Å². The molecule has 0 spiro atoms. The average molecular weight is 471 g/mol. The summed E-state index contributed by atoms with van der Waals surface area (Å²) in [5.74, 6) is -0.367. The van der Waals surface area contributed by atoms with Crippen LogP contribution in [0.25, 0.3) is 11.2 Å². The SMILES string of the molecule is Cn1cnc([N+](=O)[O-])c1[Se]c1nc(N)nc2c1ncn2[C@H]1O[C@@H](CO)[C@H](O)[C@H]1O. The zero-order chi connectivity index (χ0) is 20.9. The van der Waals surface area contributed by atoms with E-state index in [4.69, 9.17) is 10.5 Å². The monoisotopic (exact) mass is 472 g/mol. The van der Waals surface area contributed by atoms with Crippen molar-refractivity contribution in [3.8, 4) is 0 Å². The maximum absolute atomic E-state index is 11.2. The fourth-order valence-electron chi connectivity index (χ4n) is 3.02. The summed E-state index contributed by atoms with van der Waals surface area (Å²) in [5, 5.41) is 40.8. The molecule has 14 nitrogen and oxygen atoms in total. The number of aliphatic hydroxyl groups is 3. The van der Waals surface area contributed by atoms with Crippen LogP contribution in [0.3, 0.4) is 0 Å². The Morgan fingerprint density at radius 3 is 2.72 bits per heavy atom. The van der Waals surface area contributed by atoms with Crippen molar-refractivity contribution in [3.63, 3.8) is 0 Å². The van der Waals surface area contributed by atoms with Crippen LogP contribution in [0, 0.1) is 10.1 Å². The number of rotatable bonds is 5. The number of hydrogen-bond acceptors (Lipinski definition) is 11. The fourth-order valence-corrected chi connectivity index (χ4v) is 5.06. The Balaban J connectivity index is 1.77. The number of hydrogen-bond donors (Lipinski definition) is 4. The molecule has 0 saturated carbocycles. The van der Waals surface area contributed by atoms with E-state index >= 15 is 0 Å². The summed E-state index contributed by atoms with van der Waals surface area (Å²) in [5.41, 5.74) is 6.39. The first-order valence-corrected chi connectivity index (χ1v) is 9.99. The minimum absolute atomic E-state index is 0.0901. The van der Waals surface area contributed by atoms with Crippen molar-refractivity contribution in [1.82, 2.24) is 29.1 Å². The van der Waals surface area contributed by atoms with Crippen molar-refractivity contribution >= 4 is 47.1 Å². The first-order chi connectivity index (χ1) is 13.8.